The van der Waals surface area contributed by atoms with Gasteiger partial charge in [-0.2, -0.15) is 0 Å². The first-order valence-electron chi connectivity index (χ1n) is 9.04. The Kier molecular flexibility index (Phi) is 5.42. The molecular weight excluding hydrogens is 366 g/mol. The SMILES string of the molecule is O[C@H](COn1nnc2ccccc21)CN1CCN(c2ccccc2Cl)CC1. The van der Waals surface area contributed by atoms with Gasteiger partial charge < -0.3 is 14.8 Å². The van der Waals surface area contributed by atoms with E-state index in [2.05, 4.69) is 20.1 Å². The highest BCUT2D eigenvalue weighted by atomic mass is 35.5. The largest absolute Gasteiger partial charge is 0.392 e. The fraction of sp³-hybridized carbons (Fsp3) is 0.368. The van der Waals surface area contributed by atoms with E-state index in [0.717, 1.165) is 47.9 Å². The molecule has 0 saturated carbocycles. The Bertz CT molecular complexity index is 894. The Labute approximate surface area is 162 Å². The molecule has 0 unspecified atom stereocenters. The van der Waals surface area contributed by atoms with Gasteiger partial charge in [0.25, 0.3) is 0 Å². The van der Waals surface area contributed by atoms with E-state index >= 15 is 0 Å². The van der Waals surface area contributed by atoms with E-state index in [1.165, 1.54) is 4.85 Å². The van der Waals surface area contributed by atoms with Crippen LogP contribution in [0.1, 0.15) is 0 Å². The first-order chi connectivity index (χ1) is 13.2. The Morgan fingerprint density at radius 1 is 1.04 bits per heavy atom. The molecule has 1 atom stereocenters. The van der Waals surface area contributed by atoms with Crippen LogP contribution in [0.5, 0.6) is 0 Å². The zero-order chi connectivity index (χ0) is 18.6. The Morgan fingerprint density at radius 2 is 1.78 bits per heavy atom. The molecule has 142 valence electrons. The molecular formula is C19H22ClN5O2. The number of rotatable bonds is 6. The molecule has 8 heteroatoms. The van der Waals surface area contributed by atoms with E-state index in [1.807, 2.05) is 48.5 Å². The molecule has 0 amide bonds. The van der Waals surface area contributed by atoms with Gasteiger partial charge in [0, 0.05) is 32.7 Å². The highest BCUT2D eigenvalue weighted by molar-refractivity contribution is 6.33. The molecule has 7 nitrogen and oxygen atoms in total. The van der Waals surface area contributed by atoms with Crippen LogP contribution >= 0.6 is 11.6 Å². The summed E-state index contributed by atoms with van der Waals surface area (Å²) in [7, 11) is 0. The second kappa shape index (κ2) is 8.12. The molecule has 4 rings (SSSR count). The Morgan fingerprint density at radius 3 is 2.59 bits per heavy atom. The topological polar surface area (TPSA) is 66.7 Å². The fourth-order valence-electron chi connectivity index (χ4n) is 3.33. The van der Waals surface area contributed by atoms with Crippen LogP contribution in [0.2, 0.25) is 5.02 Å². The lowest BCUT2D eigenvalue weighted by molar-refractivity contribution is -0.00127. The van der Waals surface area contributed by atoms with Gasteiger partial charge in [0.15, 0.2) is 0 Å². The number of β-amino-alcohol motifs (C(OH)–C–C–N with tert-alkyl or cyclic N) is 1. The number of aromatic nitrogens is 3. The number of piperazine rings is 1. The van der Waals surface area contributed by atoms with Crippen LogP contribution in [0.3, 0.4) is 0 Å². The van der Waals surface area contributed by atoms with E-state index < -0.39 is 6.10 Å². The minimum atomic E-state index is -0.597. The van der Waals surface area contributed by atoms with Crippen molar-refractivity contribution in [1.29, 1.82) is 0 Å². The molecule has 1 aromatic heterocycles. The molecule has 1 aliphatic rings. The van der Waals surface area contributed by atoms with Gasteiger partial charge >= 0.3 is 0 Å². The molecule has 0 spiro atoms. The van der Waals surface area contributed by atoms with Gasteiger partial charge in [-0.05, 0) is 29.5 Å². The summed E-state index contributed by atoms with van der Waals surface area (Å²) < 4.78 is 0. The summed E-state index contributed by atoms with van der Waals surface area (Å²) in [5.41, 5.74) is 2.63. The number of hydrogen-bond donors (Lipinski definition) is 1. The lowest BCUT2D eigenvalue weighted by atomic mass is 10.2. The maximum atomic E-state index is 10.3. The molecule has 2 heterocycles. The molecule has 3 aromatic rings. The van der Waals surface area contributed by atoms with Crippen LogP contribution in [-0.2, 0) is 0 Å². The van der Waals surface area contributed by atoms with Crippen LogP contribution in [-0.4, -0.2) is 70.6 Å². The van der Waals surface area contributed by atoms with Crippen molar-refractivity contribution in [3.8, 4) is 0 Å². The maximum Gasteiger partial charge on any atom is 0.144 e. The third-order valence-corrected chi connectivity index (χ3v) is 5.06. The summed E-state index contributed by atoms with van der Waals surface area (Å²) in [4.78, 5) is 11.5. The molecule has 1 N–H and O–H groups in total. The first-order valence-corrected chi connectivity index (χ1v) is 9.42. The third kappa shape index (κ3) is 4.16. The predicted molar refractivity (Wildman–Crippen MR) is 105 cm³/mol. The summed E-state index contributed by atoms with van der Waals surface area (Å²) >= 11 is 6.28. The smallest absolute Gasteiger partial charge is 0.144 e. The molecule has 1 aliphatic heterocycles. The van der Waals surface area contributed by atoms with Crippen LogP contribution in [0, 0.1) is 0 Å². The van der Waals surface area contributed by atoms with Crippen molar-refractivity contribution in [2.45, 2.75) is 6.10 Å². The molecule has 0 aliphatic carbocycles. The van der Waals surface area contributed by atoms with Gasteiger partial charge in [0.1, 0.15) is 23.7 Å². The number of aliphatic hydroxyl groups excluding tert-OH is 1. The van der Waals surface area contributed by atoms with Gasteiger partial charge in [-0.15, -0.1) is 5.10 Å². The lowest BCUT2D eigenvalue weighted by Crippen LogP contribution is -2.49. The van der Waals surface area contributed by atoms with E-state index in [0.29, 0.717) is 6.54 Å². The van der Waals surface area contributed by atoms with Gasteiger partial charge in [-0.3, -0.25) is 4.90 Å². The molecule has 2 aromatic carbocycles. The van der Waals surface area contributed by atoms with Gasteiger partial charge in [0.2, 0.25) is 0 Å². The number of benzene rings is 2. The van der Waals surface area contributed by atoms with Crippen LogP contribution in [0.4, 0.5) is 5.69 Å². The highest BCUT2D eigenvalue weighted by Gasteiger charge is 2.21. The van der Waals surface area contributed by atoms with Crippen molar-refractivity contribution >= 4 is 28.3 Å². The lowest BCUT2D eigenvalue weighted by Gasteiger charge is -2.37. The zero-order valence-corrected chi connectivity index (χ0v) is 15.7. The summed E-state index contributed by atoms with van der Waals surface area (Å²) in [5.74, 6) is 0. The maximum absolute atomic E-state index is 10.3. The predicted octanol–water partition coefficient (Wildman–Crippen LogP) is 1.70. The van der Waals surface area contributed by atoms with E-state index in [1.54, 1.807) is 0 Å². The highest BCUT2D eigenvalue weighted by Crippen LogP contribution is 2.26. The van der Waals surface area contributed by atoms with Crippen molar-refractivity contribution in [3.05, 3.63) is 53.6 Å². The summed E-state index contributed by atoms with van der Waals surface area (Å²) in [5, 5.41) is 19.1. The molecule has 0 radical (unpaired) electrons. The molecule has 0 bridgehead atoms. The second-order valence-corrected chi connectivity index (χ2v) is 7.05. The van der Waals surface area contributed by atoms with E-state index in [4.69, 9.17) is 16.4 Å². The summed E-state index contributed by atoms with van der Waals surface area (Å²) in [6.45, 7) is 4.22. The first kappa shape index (κ1) is 18.0. The Balaban J connectivity index is 1.26. The average molecular weight is 388 g/mol. The average Bonchev–Trinajstić information content (AvgIpc) is 3.11. The van der Waals surface area contributed by atoms with Crippen molar-refractivity contribution in [2.24, 2.45) is 0 Å². The van der Waals surface area contributed by atoms with Crippen LogP contribution in [0.15, 0.2) is 48.5 Å². The number of hydrogen-bond acceptors (Lipinski definition) is 6. The molecule has 1 saturated heterocycles. The Hall–Kier alpha value is -2.35. The monoisotopic (exact) mass is 387 g/mol. The number of fused-ring (bicyclic) bond motifs is 1. The number of anilines is 1. The second-order valence-electron chi connectivity index (χ2n) is 6.64. The van der Waals surface area contributed by atoms with Gasteiger partial charge in [-0.1, -0.05) is 40.7 Å². The standard InChI is InChI=1S/C19H22ClN5O2/c20-16-5-1-3-7-18(16)24-11-9-23(10-12-24)13-15(26)14-27-25-19-8-4-2-6-17(19)21-22-25/h1-8,15,26H,9-14H2/t15-/m0/s1. The van der Waals surface area contributed by atoms with Crippen LogP contribution in [0.25, 0.3) is 11.0 Å². The summed E-state index contributed by atoms with van der Waals surface area (Å²) in [6, 6.07) is 15.5. The number of nitrogens with zero attached hydrogens (tertiary/aromatic N) is 5. The quantitative estimate of drug-likeness (QED) is 0.694. The van der Waals surface area contributed by atoms with Crippen molar-refractivity contribution in [1.82, 2.24) is 20.1 Å². The summed E-state index contributed by atoms with van der Waals surface area (Å²) in [6.07, 6.45) is -0.597. The fourth-order valence-corrected chi connectivity index (χ4v) is 3.59. The van der Waals surface area contributed by atoms with Crippen LogP contribution < -0.4 is 9.74 Å². The van der Waals surface area contributed by atoms with Crippen molar-refractivity contribution < 1.29 is 9.94 Å². The minimum absolute atomic E-state index is 0.165. The van der Waals surface area contributed by atoms with Gasteiger partial charge in [-0.25, -0.2) is 0 Å². The van der Waals surface area contributed by atoms with Crippen molar-refractivity contribution in [3.63, 3.8) is 0 Å². The third-order valence-electron chi connectivity index (χ3n) is 4.75. The van der Waals surface area contributed by atoms with E-state index in [-0.39, 0.29) is 6.61 Å². The zero-order valence-electron chi connectivity index (χ0n) is 14.9. The van der Waals surface area contributed by atoms with E-state index in [9.17, 15) is 5.11 Å². The minimum Gasteiger partial charge on any atom is -0.392 e. The molecule has 1 fully saturated rings. The number of halogens is 1. The van der Waals surface area contributed by atoms with Gasteiger partial charge in [0.05, 0.1) is 10.7 Å². The molecule has 27 heavy (non-hydrogen) atoms. The number of aliphatic hydroxyl groups is 1. The number of para-hydroxylation sites is 2. The van der Waals surface area contributed by atoms with Crippen molar-refractivity contribution in [2.75, 3.05) is 44.2 Å². The normalized spacial score (nSPS) is 16.6.